The highest BCUT2D eigenvalue weighted by atomic mass is 16.6. The van der Waals surface area contributed by atoms with Gasteiger partial charge in [-0.25, -0.2) is 0 Å². The number of hydrogen-bond donors (Lipinski definition) is 0. The lowest BCUT2D eigenvalue weighted by Gasteiger charge is -2.09. The summed E-state index contributed by atoms with van der Waals surface area (Å²) >= 11 is 0. The summed E-state index contributed by atoms with van der Waals surface area (Å²) in [5.41, 5.74) is 7.13. The Bertz CT molecular complexity index is 1120. The second-order valence-electron chi connectivity index (χ2n) is 8.74. The second-order valence-corrected chi connectivity index (χ2v) is 8.74. The van der Waals surface area contributed by atoms with Crippen LogP contribution in [0.25, 0.3) is 33.4 Å². The van der Waals surface area contributed by atoms with Gasteiger partial charge in [0.15, 0.2) is 0 Å². The van der Waals surface area contributed by atoms with Gasteiger partial charge < -0.3 is 18.9 Å². The fourth-order valence-corrected chi connectivity index (χ4v) is 3.90. The van der Waals surface area contributed by atoms with E-state index in [2.05, 4.69) is 72.8 Å². The molecule has 4 aromatic carbocycles. The average Bonchev–Trinajstić information content (AvgIpc) is 3.83. The zero-order valence-corrected chi connectivity index (χ0v) is 18.9. The van der Waals surface area contributed by atoms with Crippen LogP contribution in [-0.4, -0.2) is 38.6 Å². The van der Waals surface area contributed by atoms with E-state index in [-0.39, 0.29) is 12.2 Å². The third-order valence-corrected chi connectivity index (χ3v) is 6.15. The second kappa shape index (κ2) is 9.34. The van der Waals surface area contributed by atoms with E-state index >= 15 is 0 Å². The summed E-state index contributed by atoms with van der Waals surface area (Å²) in [6, 6.07) is 33.9. The summed E-state index contributed by atoms with van der Waals surface area (Å²) in [6.45, 7) is 2.88. The van der Waals surface area contributed by atoms with Gasteiger partial charge >= 0.3 is 0 Å². The Labute approximate surface area is 199 Å². The predicted octanol–water partition coefficient (Wildman–Crippen LogP) is 6.24. The van der Waals surface area contributed by atoms with E-state index in [1.807, 2.05) is 24.3 Å². The summed E-state index contributed by atoms with van der Waals surface area (Å²) in [7, 11) is 0. The van der Waals surface area contributed by atoms with E-state index < -0.39 is 0 Å². The third kappa shape index (κ3) is 5.14. The van der Waals surface area contributed by atoms with E-state index in [0.29, 0.717) is 13.2 Å². The van der Waals surface area contributed by atoms with Gasteiger partial charge in [-0.05, 0) is 57.6 Å². The van der Waals surface area contributed by atoms with Crippen LogP contribution in [0.3, 0.4) is 0 Å². The first-order chi connectivity index (χ1) is 16.8. The van der Waals surface area contributed by atoms with Crippen molar-refractivity contribution in [1.82, 2.24) is 0 Å². The maximum absolute atomic E-state index is 5.73. The smallest absolute Gasteiger partial charge is 0.119 e. The first-order valence-electron chi connectivity index (χ1n) is 11.7. The van der Waals surface area contributed by atoms with Crippen LogP contribution in [-0.2, 0) is 9.47 Å². The van der Waals surface area contributed by atoms with Crippen LogP contribution < -0.4 is 9.47 Å². The first kappa shape index (κ1) is 21.0. The predicted molar refractivity (Wildman–Crippen MR) is 133 cm³/mol. The van der Waals surface area contributed by atoms with Crippen molar-refractivity contribution < 1.29 is 18.9 Å². The molecule has 2 aliphatic heterocycles. The minimum Gasteiger partial charge on any atom is -0.491 e. The molecular weight excluding hydrogens is 424 g/mol. The average molecular weight is 451 g/mol. The molecular formula is C30H26O4. The van der Waals surface area contributed by atoms with Crippen LogP contribution >= 0.6 is 0 Å². The SMILES string of the molecule is c1cc(-c2ccc(-c3ccc(-c4ccc(OCC5CO5)cc4)cc3)cc2)ccc1OCC1CO1. The molecule has 0 saturated carbocycles. The standard InChI is InChI=1S/C30H26O4/c1-5-23(25-9-13-27(14-10-25)31-17-29-19-33-29)6-2-21(1)22-3-7-24(8-4-22)26-11-15-28(16-12-26)32-18-30-20-34-30/h1-16,29-30H,17-20H2. The molecule has 2 aliphatic rings. The van der Waals surface area contributed by atoms with Crippen molar-refractivity contribution in [2.24, 2.45) is 0 Å². The Kier molecular flexibility index (Phi) is 5.76. The van der Waals surface area contributed by atoms with Gasteiger partial charge in [0.05, 0.1) is 13.2 Å². The molecule has 34 heavy (non-hydrogen) atoms. The van der Waals surface area contributed by atoms with Crippen molar-refractivity contribution in [3.63, 3.8) is 0 Å². The molecule has 2 heterocycles. The maximum Gasteiger partial charge on any atom is 0.119 e. The van der Waals surface area contributed by atoms with Crippen molar-refractivity contribution >= 4 is 0 Å². The van der Waals surface area contributed by atoms with Crippen LogP contribution in [0.2, 0.25) is 0 Å². The molecule has 170 valence electrons. The molecule has 2 fully saturated rings. The minimum absolute atomic E-state index is 0.272. The van der Waals surface area contributed by atoms with Crippen molar-refractivity contribution in [1.29, 1.82) is 0 Å². The van der Waals surface area contributed by atoms with Crippen LogP contribution in [0.15, 0.2) is 97.1 Å². The highest BCUT2D eigenvalue weighted by molar-refractivity contribution is 5.73. The molecule has 0 amide bonds. The quantitative estimate of drug-likeness (QED) is 0.283. The molecule has 4 heteroatoms. The molecule has 0 N–H and O–H groups in total. The van der Waals surface area contributed by atoms with E-state index in [1.165, 1.54) is 33.4 Å². The van der Waals surface area contributed by atoms with Gasteiger partial charge in [-0.15, -0.1) is 0 Å². The summed E-state index contributed by atoms with van der Waals surface area (Å²) in [6.07, 6.45) is 0.544. The van der Waals surface area contributed by atoms with Crippen LogP contribution in [0, 0.1) is 0 Å². The van der Waals surface area contributed by atoms with Crippen LogP contribution in [0.4, 0.5) is 0 Å². The molecule has 2 atom stereocenters. The monoisotopic (exact) mass is 450 g/mol. The van der Waals surface area contributed by atoms with E-state index in [9.17, 15) is 0 Å². The third-order valence-electron chi connectivity index (χ3n) is 6.15. The Morgan fingerprint density at radius 2 is 0.676 bits per heavy atom. The largest absolute Gasteiger partial charge is 0.491 e. The van der Waals surface area contributed by atoms with E-state index in [0.717, 1.165) is 24.7 Å². The number of ether oxygens (including phenoxy) is 4. The fraction of sp³-hybridized carbons (Fsp3) is 0.200. The molecule has 2 saturated heterocycles. The molecule has 2 unspecified atom stereocenters. The molecule has 0 aromatic heterocycles. The Hall–Kier alpha value is -3.60. The summed E-state index contributed by atoms with van der Waals surface area (Å²) < 4.78 is 21.8. The molecule has 4 nitrogen and oxygen atoms in total. The van der Waals surface area contributed by atoms with Crippen molar-refractivity contribution in [3.05, 3.63) is 97.1 Å². The molecule has 0 bridgehead atoms. The Balaban J connectivity index is 1.10. The number of rotatable bonds is 9. The number of benzene rings is 4. The van der Waals surface area contributed by atoms with Gasteiger partial charge in [0.25, 0.3) is 0 Å². The van der Waals surface area contributed by atoms with Gasteiger partial charge in [0, 0.05) is 0 Å². The topological polar surface area (TPSA) is 43.5 Å². The molecule has 0 spiro atoms. The lowest BCUT2D eigenvalue weighted by Crippen LogP contribution is -2.03. The van der Waals surface area contributed by atoms with Crippen LogP contribution in [0.1, 0.15) is 0 Å². The Morgan fingerprint density at radius 1 is 0.441 bits per heavy atom. The molecule has 0 radical (unpaired) electrons. The Morgan fingerprint density at radius 3 is 0.912 bits per heavy atom. The summed E-state index contributed by atoms with van der Waals surface area (Å²) in [4.78, 5) is 0. The zero-order valence-electron chi connectivity index (χ0n) is 18.9. The van der Waals surface area contributed by atoms with Crippen molar-refractivity contribution in [2.45, 2.75) is 12.2 Å². The number of epoxide rings is 2. The molecule has 6 rings (SSSR count). The van der Waals surface area contributed by atoms with Gasteiger partial charge in [-0.2, -0.15) is 0 Å². The van der Waals surface area contributed by atoms with Gasteiger partial charge in [0.2, 0.25) is 0 Å². The zero-order chi connectivity index (χ0) is 22.7. The van der Waals surface area contributed by atoms with Gasteiger partial charge in [0.1, 0.15) is 36.9 Å². The summed E-state index contributed by atoms with van der Waals surface area (Å²) in [5.74, 6) is 1.76. The van der Waals surface area contributed by atoms with Crippen LogP contribution in [0.5, 0.6) is 11.5 Å². The lowest BCUT2D eigenvalue weighted by molar-refractivity contribution is 0.263. The van der Waals surface area contributed by atoms with Crippen molar-refractivity contribution in [2.75, 3.05) is 26.4 Å². The van der Waals surface area contributed by atoms with E-state index in [1.54, 1.807) is 0 Å². The number of hydrogen-bond acceptors (Lipinski definition) is 4. The normalized spacial score (nSPS) is 18.4. The first-order valence-corrected chi connectivity index (χ1v) is 11.7. The van der Waals surface area contributed by atoms with Gasteiger partial charge in [-0.3, -0.25) is 0 Å². The summed E-state index contributed by atoms with van der Waals surface area (Å²) in [5, 5.41) is 0. The highest BCUT2D eigenvalue weighted by Crippen LogP contribution is 2.29. The fourth-order valence-electron chi connectivity index (χ4n) is 3.90. The minimum atomic E-state index is 0.272. The van der Waals surface area contributed by atoms with Crippen molar-refractivity contribution in [3.8, 4) is 44.9 Å². The molecule has 0 aliphatic carbocycles. The maximum atomic E-state index is 5.73. The highest BCUT2D eigenvalue weighted by Gasteiger charge is 2.23. The lowest BCUT2D eigenvalue weighted by atomic mass is 9.98. The van der Waals surface area contributed by atoms with Gasteiger partial charge in [-0.1, -0.05) is 72.8 Å². The van der Waals surface area contributed by atoms with E-state index in [4.69, 9.17) is 18.9 Å². The molecule has 4 aromatic rings.